The summed E-state index contributed by atoms with van der Waals surface area (Å²) in [6.07, 6.45) is 0. The Balaban J connectivity index is 2.55. The topological polar surface area (TPSA) is 54.5 Å². The Kier molecular flexibility index (Phi) is 1.75. The van der Waals surface area contributed by atoms with Crippen LogP contribution in [0.3, 0.4) is 0 Å². The summed E-state index contributed by atoms with van der Waals surface area (Å²) in [6.45, 7) is 0. The van der Waals surface area contributed by atoms with Gasteiger partial charge < -0.3 is 0 Å². The molecule has 0 spiro atoms. The van der Waals surface area contributed by atoms with Crippen molar-refractivity contribution in [2.75, 3.05) is 0 Å². The molecule has 0 radical (unpaired) electrons. The quantitative estimate of drug-likeness (QED) is 0.724. The second-order valence-electron chi connectivity index (χ2n) is 2.22. The Morgan fingerprint density at radius 1 is 1.25 bits per heavy atom. The van der Waals surface area contributed by atoms with Gasteiger partial charge in [-0.15, -0.1) is 10.2 Å². The first kappa shape index (κ1) is 7.24. The highest BCUT2D eigenvalue weighted by atomic mass is 35.5. The van der Waals surface area contributed by atoms with Crippen molar-refractivity contribution in [2.45, 2.75) is 0 Å². The van der Waals surface area contributed by atoms with Gasteiger partial charge in [0.05, 0.1) is 5.02 Å². The summed E-state index contributed by atoms with van der Waals surface area (Å²) >= 11 is 5.89. The van der Waals surface area contributed by atoms with Gasteiger partial charge in [-0.1, -0.05) is 23.7 Å². The Bertz CT molecular complexity index is 371. The van der Waals surface area contributed by atoms with Gasteiger partial charge in [0.2, 0.25) is 5.82 Å². The second kappa shape index (κ2) is 2.91. The number of hydrogen-bond donors (Lipinski definition) is 1. The van der Waals surface area contributed by atoms with Gasteiger partial charge in [-0.25, -0.2) is 0 Å². The fourth-order valence-electron chi connectivity index (χ4n) is 0.918. The van der Waals surface area contributed by atoms with Gasteiger partial charge in [0, 0.05) is 5.56 Å². The van der Waals surface area contributed by atoms with Gasteiger partial charge >= 0.3 is 0 Å². The van der Waals surface area contributed by atoms with E-state index in [9.17, 15) is 0 Å². The molecule has 0 atom stereocenters. The molecule has 1 heterocycles. The van der Waals surface area contributed by atoms with Crippen LogP contribution in [0.2, 0.25) is 5.02 Å². The van der Waals surface area contributed by atoms with E-state index in [4.69, 9.17) is 11.6 Å². The molecule has 0 aliphatic heterocycles. The maximum absolute atomic E-state index is 5.89. The van der Waals surface area contributed by atoms with Gasteiger partial charge in [0.1, 0.15) is 0 Å². The minimum Gasteiger partial charge on any atom is -0.177 e. The first-order valence-electron chi connectivity index (χ1n) is 3.36. The Morgan fingerprint density at radius 2 is 2.08 bits per heavy atom. The molecule has 1 aromatic heterocycles. The summed E-state index contributed by atoms with van der Waals surface area (Å²) in [5.41, 5.74) is 0.785. The molecule has 0 saturated carbocycles. The predicted molar refractivity (Wildman–Crippen MR) is 44.6 cm³/mol. The van der Waals surface area contributed by atoms with Crippen LogP contribution >= 0.6 is 11.6 Å². The number of benzene rings is 1. The third-order valence-electron chi connectivity index (χ3n) is 1.46. The summed E-state index contributed by atoms with van der Waals surface area (Å²) < 4.78 is 0. The minimum absolute atomic E-state index is 0.514. The lowest BCUT2D eigenvalue weighted by Gasteiger charge is -1.95. The monoisotopic (exact) mass is 180 g/mol. The lowest BCUT2D eigenvalue weighted by Crippen LogP contribution is -1.81. The van der Waals surface area contributed by atoms with Crippen molar-refractivity contribution in [1.29, 1.82) is 0 Å². The van der Waals surface area contributed by atoms with Crippen molar-refractivity contribution >= 4 is 11.6 Å². The molecule has 0 saturated heterocycles. The molecule has 0 fully saturated rings. The molecule has 1 aromatic carbocycles. The number of H-pyrrole nitrogens is 1. The maximum Gasteiger partial charge on any atom is 0.206 e. The smallest absolute Gasteiger partial charge is 0.177 e. The van der Waals surface area contributed by atoms with Crippen LogP contribution in [0.25, 0.3) is 11.4 Å². The van der Waals surface area contributed by atoms with Crippen LogP contribution in [0, 0.1) is 0 Å². The highest BCUT2D eigenvalue weighted by Gasteiger charge is 2.05. The molecule has 0 aliphatic carbocycles. The molecular formula is C7H5ClN4. The number of aromatic amines is 1. The van der Waals surface area contributed by atoms with E-state index >= 15 is 0 Å². The maximum atomic E-state index is 5.89. The molecule has 0 bridgehead atoms. The van der Waals surface area contributed by atoms with E-state index in [-0.39, 0.29) is 0 Å². The third kappa shape index (κ3) is 1.16. The molecule has 0 amide bonds. The van der Waals surface area contributed by atoms with E-state index in [2.05, 4.69) is 20.6 Å². The lowest BCUT2D eigenvalue weighted by atomic mass is 10.2. The van der Waals surface area contributed by atoms with E-state index in [0.29, 0.717) is 10.8 Å². The Morgan fingerprint density at radius 3 is 2.75 bits per heavy atom. The van der Waals surface area contributed by atoms with Crippen molar-refractivity contribution in [3.8, 4) is 11.4 Å². The molecule has 5 heteroatoms. The number of aromatic nitrogens is 4. The first-order valence-corrected chi connectivity index (χ1v) is 3.74. The lowest BCUT2D eigenvalue weighted by molar-refractivity contribution is 0.881. The van der Waals surface area contributed by atoms with Crippen molar-refractivity contribution in [3.63, 3.8) is 0 Å². The molecule has 2 rings (SSSR count). The molecule has 4 nitrogen and oxygen atoms in total. The van der Waals surface area contributed by atoms with Gasteiger partial charge in [0.25, 0.3) is 0 Å². The van der Waals surface area contributed by atoms with Gasteiger partial charge in [-0.3, -0.25) is 0 Å². The molecule has 12 heavy (non-hydrogen) atoms. The summed E-state index contributed by atoms with van der Waals surface area (Å²) in [4.78, 5) is 0. The summed E-state index contributed by atoms with van der Waals surface area (Å²) in [6, 6.07) is 7.35. The second-order valence-corrected chi connectivity index (χ2v) is 2.62. The van der Waals surface area contributed by atoms with Crippen LogP contribution in [0.5, 0.6) is 0 Å². The van der Waals surface area contributed by atoms with Gasteiger partial charge in [-0.05, 0) is 17.3 Å². The largest absolute Gasteiger partial charge is 0.206 e. The molecule has 60 valence electrons. The normalized spacial score (nSPS) is 10.1. The average Bonchev–Trinajstić information content (AvgIpc) is 2.57. The Hall–Kier alpha value is -1.42. The summed E-state index contributed by atoms with van der Waals surface area (Å²) in [7, 11) is 0. The fourth-order valence-corrected chi connectivity index (χ4v) is 1.14. The highest BCUT2D eigenvalue weighted by molar-refractivity contribution is 6.33. The zero-order chi connectivity index (χ0) is 8.39. The van der Waals surface area contributed by atoms with Crippen LogP contribution in [0.1, 0.15) is 0 Å². The Labute approximate surface area is 73.6 Å². The van der Waals surface area contributed by atoms with Crippen LogP contribution in [-0.2, 0) is 0 Å². The number of tetrazole rings is 1. The van der Waals surface area contributed by atoms with Crippen LogP contribution < -0.4 is 0 Å². The van der Waals surface area contributed by atoms with Crippen molar-refractivity contribution in [3.05, 3.63) is 29.3 Å². The van der Waals surface area contributed by atoms with Crippen molar-refractivity contribution in [1.82, 2.24) is 20.6 Å². The number of nitrogens with zero attached hydrogens (tertiary/aromatic N) is 3. The highest BCUT2D eigenvalue weighted by Crippen LogP contribution is 2.22. The van der Waals surface area contributed by atoms with Crippen molar-refractivity contribution < 1.29 is 0 Å². The molecular weight excluding hydrogens is 176 g/mol. The fraction of sp³-hybridized carbons (Fsp3) is 0. The predicted octanol–water partition coefficient (Wildman–Crippen LogP) is 1.52. The SMILES string of the molecule is Clc1ccccc1-c1nn[nH]n1. The first-order chi connectivity index (χ1) is 5.88. The molecule has 1 N–H and O–H groups in total. The number of nitrogens with one attached hydrogen (secondary N) is 1. The molecule has 0 aliphatic rings. The standard InChI is InChI=1S/C7H5ClN4/c8-6-4-2-1-3-5(6)7-9-11-12-10-7/h1-4H,(H,9,10,11,12). The number of rotatable bonds is 1. The zero-order valence-corrected chi connectivity index (χ0v) is 6.78. The van der Waals surface area contributed by atoms with Gasteiger partial charge in [-0.2, -0.15) is 5.21 Å². The summed E-state index contributed by atoms with van der Waals surface area (Å²) in [5.74, 6) is 0.514. The van der Waals surface area contributed by atoms with E-state index in [1.54, 1.807) is 6.07 Å². The average molecular weight is 181 g/mol. The van der Waals surface area contributed by atoms with E-state index in [1.165, 1.54) is 0 Å². The summed E-state index contributed by atoms with van der Waals surface area (Å²) in [5, 5.41) is 14.1. The number of halogens is 1. The van der Waals surface area contributed by atoms with Crippen LogP contribution in [0.15, 0.2) is 24.3 Å². The van der Waals surface area contributed by atoms with Crippen LogP contribution in [-0.4, -0.2) is 20.6 Å². The van der Waals surface area contributed by atoms with Crippen LogP contribution in [0.4, 0.5) is 0 Å². The zero-order valence-electron chi connectivity index (χ0n) is 6.03. The van der Waals surface area contributed by atoms with E-state index in [0.717, 1.165) is 5.56 Å². The molecule has 2 aromatic rings. The third-order valence-corrected chi connectivity index (χ3v) is 1.79. The minimum atomic E-state index is 0.514. The number of hydrogen-bond acceptors (Lipinski definition) is 3. The van der Waals surface area contributed by atoms with Gasteiger partial charge in [0.15, 0.2) is 0 Å². The van der Waals surface area contributed by atoms with E-state index < -0.39 is 0 Å². The molecule has 0 unspecified atom stereocenters. The van der Waals surface area contributed by atoms with E-state index in [1.807, 2.05) is 18.2 Å². The van der Waals surface area contributed by atoms with Crippen molar-refractivity contribution in [2.24, 2.45) is 0 Å².